The lowest BCUT2D eigenvalue weighted by atomic mass is 9.65. The fraction of sp³-hybridized carbons (Fsp3) is 0.520. The van der Waals surface area contributed by atoms with Crippen LogP contribution in [-0.2, 0) is 33.9 Å². The molecule has 0 saturated carbocycles. The molecule has 62 heavy (non-hydrogen) atoms. The second kappa shape index (κ2) is 16.0. The normalized spacial score (nSPS) is 27.7. The van der Waals surface area contributed by atoms with Crippen LogP contribution >= 0.6 is 0 Å². The number of carbonyl (C=O) groups excluding carboxylic acids is 4. The number of alkyl halides is 2. The average molecular weight is 845 g/mol. The number of nitrogens with zero attached hydrogens (tertiary/aromatic N) is 4. The number of allylic oxidation sites excluding steroid dienone is 2. The first-order chi connectivity index (χ1) is 29.9. The predicted molar refractivity (Wildman–Crippen MR) is 234 cm³/mol. The molecule has 2 aliphatic carbocycles. The molecule has 5 aliphatic heterocycles. The molecule has 4 amide bonds. The first-order valence-corrected chi connectivity index (χ1v) is 23.0. The van der Waals surface area contributed by atoms with Crippen LogP contribution in [0.3, 0.4) is 0 Å². The van der Waals surface area contributed by atoms with E-state index in [1.165, 1.54) is 27.0 Å². The lowest BCUT2D eigenvalue weighted by Gasteiger charge is -2.48. The first kappa shape index (κ1) is 41.1. The van der Waals surface area contributed by atoms with Crippen LogP contribution in [0.1, 0.15) is 116 Å². The number of para-hydroxylation sites is 1. The Balaban J connectivity index is 0.738. The van der Waals surface area contributed by atoms with Gasteiger partial charge in [0.1, 0.15) is 6.04 Å². The second-order valence-electron chi connectivity index (χ2n) is 19.3. The minimum atomic E-state index is -2.34. The Labute approximate surface area is 362 Å². The van der Waals surface area contributed by atoms with Gasteiger partial charge >= 0.3 is 0 Å². The largest absolute Gasteiger partial charge is 0.358 e. The maximum Gasteiger partial charge on any atom is 0.259 e. The maximum atomic E-state index is 14.2. The molecule has 0 bridgehead atoms. The summed E-state index contributed by atoms with van der Waals surface area (Å²) in [5, 5.41) is 3.57. The van der Waals surface area contributed by atoms with Crippen LogP contribution in [0, 0.1) is 17.3 Å². The number of hydrogen-bond donors (Lipinski definition) is 2. The van der Waals surface area contributed by atoms with Gasteiger partial charge in [-0.2, -0.15) is 0 Å². The summed E-state index contributed by atoms with van der Waals surface area (Å²) >= 11 is 0. The Hall–Kier alpha value is -4.94. The summed E-state index contributed by atoms with van der Waals surface area (Å²) in [6, 6.07) is 11.8. The van der Waals surface area contributed by atoms with Crippen molar-refractivity contribution in [3.63, 3.8) is 0 Å². The summed E-state index contributed by atoms with van der Waals surface area (Å²) in [6.45, 7) is 13.6. The number of amides is 4. The Morgan fingerprint density at radius 2 is 1.69 bits per heavy atom. The zero-order chi connectivity index (χ0) is 43.0. The summed E-state index contributed by atoms with van der Waals surface area (Å²) < 4.78 is 28.3. The van der Waals surface area contributed by atoms with Crippen LogP contribution in [0.5, 0.6) is 0 Å². The van der Waals surface area contributed by atoms with Crippen molar-refractivity contribution in [1.82, 2.24) is 29.9 Å². The zero-order valence-electron chi connectivity index (χ0n) is 36.0. The average Bonchev–Trinajstić information content (AvgIpc) is 3.91. The number of fused-ring (bicyclic) bond motifs is 5. The van der Waals surface area contributed by atoms with Crippen LogP contribution < -0.4 is 5.32 Å². The Morgan fingerprint density at radius 3 is 2.40 bits per heavy atom. The molecule has 326 valence electrons. The van der Waals surface area contributed by atoms with Crippen molar-refractivity contribution in [2.45, 2.75) is 116 Å². The Morgan fingerprint density at radius 1 is 0.984 bits per heavy atom. The van der Waals surface area contributed by atoms with Gasteiger partial charge in [-0.1, -0.05) is 50.8 Å². The van der Waals surface area contributed by atoms with Gasteiger partial charge in [0.05, 0.1) is 6.54 Å². The van der Waals surface area contributed by atoms with Crippen LogP contribution in [0.25, 0.3) is 16.6 Å². The van der Waals surface area contributed by atoms with Gasteiger partial charge in [0, 0.05) is 84.4 Å². The number of carbonyl (C=O) groups is 4. The van der Waals surface area contributed by atoms with E-state index in [-0.39, 0.29) is 60.2 Å². The number of benzene rings is 2. The number of H-pyrrole nitrogens is 1. The summed E-state index contributed by atoms with van der Waals surface area (Å²) in [5.41, 5.74) is 10.1. The van der Waals surface area contributed by atoms with Gasteiger partial charge in [-0.3, -0.25) is 39.2 Å². The summed E-state index contributed by atoms with van der Waals surface area (Å²) in [5.74, 6) is -0.941. The van der Waals surface area contributed by atoms with E-state index in [0.717, 1.165) is 93.5 Å². The molecule has 3 fully saturated rings. The van der Waals surface area contributed by atoms with Crippen LogP contribution in [0.4, 0.5) is 8.78 Å². The highest BCUT2D eigenvalue weighted by atomic mass is 19.3. The lowest BCUT2D eigenvalue weighted by Crippen LogP contribution is -2.52. The van der Waals surface area contributed by atoms with Crippen molar-refractivity contribution in [2.75, 3.05) is 32.7 Å². The molecule has 1 aromatic heterocycles. The molecule has 5 unspecified atom stereocenters. The third kappa shape index (κ3) is 7.15. The Kier molecular flexibility index (Phi) is 10.6. The van der Waals surface area contributed by atoms with E-state index < -0.39 is 18.4 Å². The third-order valence-electron chi connectivity index (χ3n) is 15.9. The number of likely N-dealkylation sites (tertiary alicyclic amines) is 2. The highest BCUT2D eigenvalue weighted by Gasteiger charge is 2.45. The fourth-order valence-electron chi connectivity index (χ4n) is 12.4. The molecule has 7 aliphatic rings. The summed E-state index contributed by atoms with van der Waals surface area (Å²) in [6.07, 6.45) is 9.74. The molecular weight excluding hydrogens is 787 g/mol. The van der Waals surface area contributed by atoms with Crippen molar-refractivity contribution in [2.24, 2.45) is 17.3 Å². The van der Waals surface area contributed by atoms with Crippen molar-refractivity contribution < 1.29 is 28.0 Å². The van der Waals surface area contributed by atoms with Crippen molar-refractivity contribution in [3.05, 3.63) is 99.8 Å². The number of piperidine rings is 3. The van der Waals surface area contributed by atoms with Gasteiger partial charge < -0.3 is 9.88 Å². The van der Waals surface area contributed by atoms with E-state index in [0.29, 0.717) is 42.5 Å². The van der Waals surface area contributed by atoms with E-state index in [4.69, 9.17) is 0 Å². The second-order valence-corrected chi connectivity index (χ2v) is 19.3. The number of halogens is 2. The SMILES string of the molecule is C=C1c2cc3c(cc2C(=O)N1C1CCC(=O)NC1=O)CN(CC(=O)N1CCC2(CC1)CCN(C1C=C(CC)C(C4c5[nH]c6ccccc6c5CC(C)C4CC(F)F)=CC1)CC2)C3. The van der Waals surface area contributed by atoms with Gasteiger partial charge in [0.2, 0.25) is 24.1 Å². The molecule has 5 atom stereocenters. The standard InChI is InChI=1S/C50H58F2N6O4/c1-4-31-22-34(9-10-35(31)46-37(25-43(51)52)29(2)21-39-36-7-5-6-8-41(36)53-47(39)46)56-17-13-50(14-18-56)15-19-57(20-16-50)45(60)28-55-26-32-23-38-30(3)58(42-11-12-44(59)54-48(42)61)49(62)40(38)24-33(32)27-55/h5-8,10,22-24,29,34,37,42-43,46,53H,3-4,9,11-21,25-28H2,1-2H3,(H,54,59,61). The molecule has 6 heterocycles. The molecule has 2 N–H and O–H groups in total. The topological polar surface area (TPSA) is 109 Å². The van der Waals surface area contributed by atoms with E-state index >= 15 is 0 Å². The number of aromatic amines is 1. The van der Waals surface area contributed by atoms with Gasteiger partial charge in [-0.05, 0) is 128 Å². The van der Waals surface area contributed by atoms with Crippen LogP contribution in [0.15, 0.2) is 66.3 Å². The highest BCUT2D eigenvalue weighted by molar-refractivity contribution is 6.12. The first-order valence-electron chi connectivity index (χ1n) is 23.0. The number of hydrogen-bond acceptors (Lipinski definition) is 6. The highest BCUT2D eigenvalue weighted by Crippen LogP contribution is 2.51. The van der Waals surface area contributed by atoms with Crippen LogP contribution in [-0.4, -0.2) is 99.4 Å². The summed E-state index contributed by atoms with van der Waals surface area (Å²) in [7, 11) is 0. The minimum Gasteiger partial charge on any atom is -0.358 e. The Bertz CT molecular complexity index is 2370. The van der Waals surface area contributed by atoms with Gasteiger partial charge in [-0.25, -0.2) is 8.78 Å². The molecule has 12 heteroatoms. The molecular formula is C50H58F2N6O4. The maximum absolute atomic E-state index is 14.2. The van der Waals surface area contributed by atoms with Gasteiger partial charge in [0.15, 0.2) is 0 Å². The fourth-order valence-corrected chi connectivity index (χ4v) is 12.4. The molecule has 3 aromatic rings. The van der Waals surface area contributed by atoms with Crippen LogP contribution in [0.2, 0.25) is 0 Å². The number of aromatic nitrogens is 1. The van der Waals surface area contributed by atoms with E-state index in [1.807, 2.05) is 23.1 Å². The van der Waals surface area contributed by atoms with E-state index in [2.05, 4.69) is 70.9 Å². The summed E-state index contributed by atoms with van der Waals surface area (Å²) in [4.78, 5) is 63.5. The number of rotatable bonds is 8. The van der Waals surface area contributed by atoms with Crippen molar-refractivity contribution >= 4 is 40.2 Å². The molecule has 2 aromatic carbocycles. The molecule has 10 nitrogen and oxygen atoms in total. The monoisotopic (exact) mass is 844 g/mol. The third-order valence-corrected chi connectivity index (χ3v) is 15.9. The molecule has 1 spiro atoms. The molecule has 3 saturated heterocycles. The van der Waals surface area contributed by atoms with Crippen molar-refractivity contribution in [3.8, 4) is 0 Å². The van der Waals surface area contributed by atoms with Crippen molar-refractivity contribution in [1.29, 1.82) is 0 Å². The van der Waals surface area contributed by atoms with E-state index in [1.54, 1.807) is 0 Å². The smallest absolute Gasteiger partial charge is 0.259 e. The molecule has 0 radical (unpaired) electrons. The molecule has 10 rings (SSSR count). The zero-order valence-corrected chi connectivity index (χ0v) is 36.0. The number of imide groups is 1. The minimum absolute atomic E-state index is 0.0626. The van der Waals surface area contributed by atoms with E-state index in [9.17, 15) is 28.0 Å². The lowest BCUT2D eigenvalue weighted by molar-refractivity contribution is -0.137. The quantitative estimate of drug-likeness (QED) is 0.225. The van der Waals surface area contributed by atoms with Gasteiger partial charge in [-0.15, -0.1) is 0 Å². The van der Waals surface area contributed by atoms with Gasteiger partial charge in [0.25, 0.3) is 5.91 Å². The number of nitrogens with one attached hydrogen (secondary N) is 2. The predicted octanol–water partition coefficient (Wildman–Crippen LogP) is 7.70.